The molecule has 122 valence electrons. The third-order valence-electron chi connectivity index (χ3n) is 3.37. The average Bonchev–Trinajstić information content (AvgIpc) is 2.55. The summed E-state index contributed by atoms with van der Waals surface area (Å²) < 4.78 is 26.0. The minimum atomic E-state index is -3.73. The highest BCUT2D eigenvalue weighted by Crippen LogP contribution is 2.23. The number of carbonyl (C=O) groups excluding carboxylic acids is 1. The molecule has 1 amide bonds. The first-order valence-electron chi connectivity index (χ1n) is 7.00. The van der Waals surface area contributed by atoms with Gasteiger partial charge in [0.05, 0.1) is 5.02 Å². The summed E-state index contributed by atoms with van der Waals surface area (Å²) in [6.07, 6.45) is 0.913. The topological polar surface area (TPSA) is 75.3 Å². The van der Waals surface area contributed by atoms with E-state index in [1.807, 2.05) is 19.1 Å². The average molecular weight is 353 g/mol. The van der Waals surface area contributed by atoms with Crippen LogP contribution in [0.5, 0.6) is 0 Å². The summed E-state index contributed by atoms with van der Waals surface area (Å²) in [5, 5.41) is 2.79. The zero-order valence-corrected chi connectivity index (χ0v) is 14.3. The SMILES string of the molecule is CCc1ccc(NC(=O)c2ccc(Cl)c(S(=O)(=O)NC)c2)cc1. The lowest BCUT2D eigenvalue weighted by atomic mass is 10.1. The van der Waals surface area contributed by atoms with Gasteiger partial charge in [-0.3, -0.25) is 4.79 Å². The Kier molecular flexibility index (Phi) is 5.41. The predicted octanol–water partition coefficient (Wildman–Crippen LogP) is 3.06. The summed E-state index contributed by atoms with van der Waals surface area (Å²) in [4.78, 5) is 12.1. The molecule has 0 bridgehead atoms. The van der Waals surface area contributed by atoms with Crippen LogP contribution >= 0.6 is 11.6 Å². The first-order chi connectivity index (χ1) is 10.9. The van der Waals surface area contributed by atoms with E-state index in [2.05, 4.69) is 10.0 Å². The van der Waals surface area contributed by atoms with Gasteiger partial charge in [-0.2, -0.15) is 0 Å². The molecule has 0 saturated heterocycles. The van der Waals surface area contributed by atoms with Crippen molar-refractivity contribution in [3.63, 3.8) is 0 Å². The predicted molar refractivity (Wildman–Crippen MR) is 91.5 cm³/mol. The van der Waals surface area contributed by atoms with Crippen LogP contribution in [0.25, 0.3) is 0 Å². The Morgan fingerprint density at radius 3 is 2.35 bits per heavy atom. The zero-order chi connectivity index (χ0) is 17.0. The molecular weight excluding hydrogens is 336 g/mol. The van der Waals surface area contributed by atoms with Crippen molar-refractivity contribution in [2.75, 3.05) is 12.4 Å². The lowest BCUT2D eigenvalue weighted by Gasteiger charge is -2.09. The number of rotatable bonds is 5. The summed E-state index contributed by atoms with van der Waals surface area (Å²) >= 11 is 5.91. The van der Waals surface area contributed by atoms with Crippen LogP contribution in [0.4, 0.5) is 5.69 Å². The molecule has 2 aromatic carbocycles. The van der Waals surface area contributed by atoms with Gasteiger partial charge < -0.3 is 5.32 Å². The van der Waals surface area contributed by atoms with Gasteiger partial charge in [-0.15, -0.1) is 0 Å². The standard InChI is InChI=1S/C16H17ClN2O3S/c1-3-11-4-7-13(8-5-11)19-16(20)12-6-9-14(17)15(10-12)23(21,22)18-2/h4-10,18H,3H2,1-2H3,(H,19,20). The molecule has 0 spiro atoms. The van der Waals surface area contributed by atoms with E-state index in [0.717, 1.165) is 12.0 Å². The Morgan fingerprint density at radius 1 is 1.13 bits per heavy atom. The Bertz CT molecular complexity index is 818. The van der Waals surface area contributed by atoms with Crippen molar-refractivity contribution < 1.29 is 13.2 Å². The monoisotopic (exact) mass is 352 g/mol. The highest BCUT2D eigenvalue weighted by Gasteiger charge is 2.18. The molecule has 0 atom stereocenters. The van der Waals surface area contributed by atoms with E-state index in [1.54, 1.807) is 12.1 Å². The summed E-state index contributed by atoms with van der Waals surface area (Å²) in [5.41, 5.74) is 2.01. The largest absolute Gasteiger partial charge is 0.322 e. The van der Waals surface area contributed by atoms with Crippen LogP contribution in [0.1, 0.15) is 22.8 Å². The van der Waals surface area contributed by atoms with E-state index in [9.17, 15) is 13.2 Å². The molecule has 0 fully saturated rings. The number of halogens is 1. The van der Waals surface area contributed by atoms with Crippen LogP contribution in [0.2, 0.25) is 5.02 Å². The molecule has 0 heterocycles. The maximum absolute atomic E-state index is 12.3. The third-order valence-corrected chi connectivity index (χ3v) is 5.27. The lowest BCUT2D eigenvalue weighted by Crippen LogP contribution is -2.20. The molecule has 2 N–H and O–H groups in total. The summed E-state index contributed by atoms with van der Waals surface area (Å²) in [6, 6.07) is 11.6. The molecule has 0 saturated carbocycles. The van der Waals surface area contributed by atoms with E-state index in [1.165, 1.54) is 25.2 Å². The summed E-state index contributed by atoms with van der Waals surface area (Å²) in [7, 11) is -2.44. The number of hydrogen-bond donors (Lipinski definition) is 2. The van der Waals surface area contributed by atoms with Crippen molar-refractivity contribution in [3.05, 3.63) is 58.6 Å². The van der Waals surface area contributed by atoms with Crippen molar-refractivity contribution in [2.45, 2.75) is 18.2 Å². The van der Waals surface area contributed by atoms with Gasteiger partial charge in [0.2, 0.25) is 10.0 Å². The highest BCUT2D eigenvalue weighted by atomic mass is 35.5. The Balaban J connectivity index is 2.27. The fourth-order valence-electron chi connectivity index (χ4n) is 1.99. The Labute approximate surface area is 140 Å². The van der Waals surface area contributed by atoms with Crippen molar-refractivity contribution in [2.24, 2.45) is 0 Å². The first-order valence-corrected chi connectivity index (χ1v) is 8.87. The fourth-order valence-corrected chi connectivity index (χ4v) is 3.24. The smallest absolute Gasteiger partial charge is 0.255 e. The first kappa shape index (κ1) is 17.5. The molecular formula is C16H17ClN2O3S. The highest BCUT2D eigenvalue weighted by molar-refractivity contribution is 7.89. The number of benzene rings is 2. The van der Waals surface area contributed by atoms with Gasteiger partial charge in [0.15, 0.2) is 0 Å². The van der Waals surface area contributed by atoms with Crippen LogP contribution in [0.3, 0.4) is 0 Å². The molecule has 0 aliphatic heterocycles. The van der Waals surface area contributed by atoms with E-state index < -0.39 is 15.9 Å². The number of aryl methyl sites for hydroxylation is 1. The summed E-state index contributed by atoms with van der Waals surface area (Å²) in [6.45, 7) is 2.05. The van der Waals surface area contributed by atoms with Crippen LogP contribution in [0, 0.1) is 0 Å². The minimum Gasteiger partial charge on any atom is -0.322 e. The van der Waals surface area contributed by atoms with Crippen molar-refractivity contribution in [1.29, 1.82) is 0 Å². The normalized spacial score (nSPS) is 11.3. The molecule has 23 heavy (non-hydrogen) atoms. The van der Waals surface area contributed by atoms with Gasteiger partial charge in [-0.1, -0.05) is 30.7 Å². The van der Waals surface area contributed by atoms with Gasteiger partial charge in [-0.25, -0.2) is 13.1 Å². The van der Waals surface area contributed by atoms with Crippen LogP contribution < -0.4 is 10.0 Å². The molecule has 7 heteroatoms. The maximum Gasteiger partial charge on any atom is 0.255 e. The van der Waals surface area contributed by atoms with Gasteiger partial charge in [0, 0.05) is 11.3 Å². The van der Waals surface area contributed by atoms with Crippen LogP contribution in [0.15, 0.2) is 47.4 Å². The third kappa shape index (κ3) is 4.10. The van der Waals surface area contributed by atoms with E-state index in [4.69, 9.17) is 11.6 Å². The molecule has 2 rings (SSSR count). The van der Waals surface area contributed by atoms with E-state index >= 15 is 0 Å². The van der Waals surface area contributed by atoms with Gasteiger partial charge >= 0.3 is 0 Å². The Morgan fingerprint density at radius 2 is 1.78 bits per heavy atom. The van der Waals surface area contributed by atoms with Gasteiger partial charge in [0.1, 0.15) is 4.90 Å². The number of amides is 1. The van der Waals surface area contributed by atoms with Gasteiger partial charge in [0.25, 0.3) is 5.91 Å². The summed E-state index contributed by atoms with van der Waals surface area (Å²) in [5.74, 6) is -0.404. The van der Waals surface area contributed by atoms with Crippen molar-refractivity contribution in [3.8, 4) is 0 Å². The second kappa shape index (κ2) is 7.12. The number of carbonyl (C=O) groups is 1. The fraction of sp³-hybridized carbons (Fsp3) is 0.188. The molecule has 0 aliphatic rings. The minimum absolute atomic E-state index is 0.0585. The number of sulfonamides is 1. The Hall–Kier alpha value is -1.89. The quantitative estimate of drug-likeness (QED) is 0.868. The molecule has 0 aromatic heterocycles. The van der Waals surface area contributed by atoms with E-state index in [-0.39, 0.29) is 15.5 Å². The van der Waals surface area contributed by atoms with Crippen molar-refractivity contribution in [1.82, 2.24) is 4.72 Å². The molecule has 5 nitrogen and oxygen atoms in total. The van der Waals surface area contributed by atoms with Crippen LogP contribution in [-0.4, -0.2) is 21.4 Å². The molecule has 2 aromatic rings. The molecule has 0 aliphatic carbocycles. The number of hydrogen-bond acceptors (Lipinski definition) is 3. The number of nitrogens with one attached hydrogen (secondary N) is 2. The molecule has 0 radical (unpaired) electrons. The molecule has 0 unspecified atom stereocenters. The number of anilines is 1. The zero-order valence-electron chi connectivity index (χ0n) is 12.8. The second-order valence-corrected chi connectivity index (χ2v) is 7.12. The van der Waals surface area contributed by atoms with Gasteiger partial charge in [-0.05, 0) is 49.4 Å². The maximum atomic E-state index is 12.3. The lowest BCUT2D eigenvalue weighted by molar-refractivity contribution is 0.102. The second-order valence-electron chi connectivity index (χ2n) is 4.86. The van der Waals surface area contributed by atoms with Crippen molar-refractivity contribution >= 4 is 33.2 Å². The van der Waals surface area contributed by atoms with E-state index in [0.29, 0.717) is 5.69 Å². The van der Waals surface area contributed by atoms with Crippen LogP contribution in [-0.2, 0) is 16.4 Å².